The second-order valence-electron chi connectivity index (χ2n) is 9.27. The molecule has 1 N–H and O–H groups in total. The van der Waals surface area contributed by atoms with E-state index in [1.807, 2.05) is 56.1 Å². The van der Waals surface area contributed by atoms with E-state index in [9.17, 15) is 9.59 Å². The molecule has 0 spiro atoms. The summed E-state index contributed by atoms with van der Waals surface area (Å²) in [7, 11) is 1.58. The number of nitrogens with zero attached hydrogens (tertiary/aromatic N) is 4. The average Bonchev–Trinajstić information content (AvgIpc) is 3.24. The zero-order valence-electron chi connectivity index (χ0n) is 21.8. The van der Waals surface area contributed by atoms with Crippen molar-refractivity contribution in [2.45, 2.75) is 39.7 Å². The summed E-state index contributed by atoms with van der Waals surface area (Å²) in [4.78, 5) is 39.5. The van der Waals surface area contributed by atoms with Gasteiger partial charge in [0.05, 0.1) is 12.7 Å². The van der Waals surface area contributed by atoms with Crippen LogP contribution in [0.25, 0.3) is 0 Å². The zero-order chi connectivity index (χ0) is 26.5. The standard InChI is InChI=1S/C28H33N5O3S/c1-6-25(34)33-12-8-11-32(17-20(33)4)27(35)23-15-21(19(3)13-24(23)36-5)14-22-16-30-28(37-22)31-26-18(2)9-7-10-29-26/h6-7,9-10,13,15-16,20H,1,8,11-12,14,17H2,2-5H3,(H,29,30,31)/t20-/m1/s1. The van der Waals surface area contributed by atoms with Gasteiger partial charge in [0.2, 0.25) is 5.91 Å². The van der Waals surface area contributed by atoms with Crippen LogP contribution in [0.3, 0.4) is 0 Å². The van der Waals surface area contributed by atoms with Crippen molar-refractivity contribution in [1.29, 1.82) is 0 Å². The van der Waals surface area contributed by atoms with Gasteiger partial charge in [0.15, 0.2) is 5.13 Å². The molecule has 1 atom stereocenters. The number of carbonyl (C=O) groups is 2. The van der Waals surface area contributed by atoms with E-state index in [1.54, 1.807) is 29.5 Å². The molecule has 1 fully saturated rings. The normalized spacial score (nSPS) is 15.7. The summed E-state index contributed by atoms with van der Waals surface area (Å²) in [5.74, 6) is 1.15. The Morgan fingerprint density at radius 2 is 2.05 bits per heavy atom. The van der Waals surface area contributed by atoms with Crippen LogP contribution in [-0.4, -0.2) is 64.4 Å². The third kappa shape index (κ3) is 5.99. The Balaban J connectivity index is 1.54. The first kappa shape index (κ1) is 26.3. The lowest BCUT2D eigenvalue weighted by Gasteiger charge is -2.28. The summed E-state index contributed by atoms with van der Waals surface area (Å²) in [5, 5.41) is 4.07. The zero-order valence-corrected chi connectivity index (χ0v) is 22.6. The van der Waals surface area contributed by atoms with Crippen molar-refractivity contribution in [2.75, 3.05) is 32.1 Å². The number of amides is 2. The Labute approximate surface area is 222 Å². The highest BCUT2D eigenvalue weighted by atomic mass is 32.1. The molecule has 37 heavy (non-hydrogen) atoms. The van der Waals surface area contributed by atoms with Crippen molar-refractivity contribution in [3.05, 3.63) is 76.4 Å². The van der Waals surface area contributed by atoms with Gasteiger partial charge in [-0.3, -0.25) is 9.59 Å². The highest BCUT2D eigenvalue weighted by Gasteiger charge is 2.28. The second kappa shape index (κ2) is 11.6. The molecule has 1 saturated heterocycles. The van der Waals surface area contributed by atoms with E-state index in [0.29, 0.717) is 43.8 Å². The minimum atomic E-state index is -0.103. The van der Waals surface area contributed by atoms with Gasteiger partial charge >= 0.3 is 0 Å². The summed E-state index contributed by atoms with van der Waals surface area (Å²) in [6.07, 6.45) is 6.31. The molecule has 4 rings (SSSR count). The third-order valence-electron chi connectivity index (χ3n) is 6.63. The summed E-state index contributed by atoms with van der Waals surface area (Å²) in [6, 6.07) is 7.67. The van der Waals surface area contributed by atoms with E-state index in [2.05, 4.69) is 21.9 Å². The molecule has 2 aromatic heterocycles. The quantitative estimate of drug-likeness (QED) is 0.454. The van der Waals surface area contributed by atoms with Gasteiger partial charge in [-0.05, 0) is 68.2 Å². The molecule has 3 aromatic rings. The molecule has 0 saturated carbocycles. The number of aryl methyl sites for hydroxylation is 2. The molecular formula is C28H33N5O3S. The van der Waals surface area contributed by atoms with Crippen molar-refractivity contribution in [3.8, 4) is 5.75 Å². The van der Waals surface area contributed by atoms with E-state index in [0.717, 1.165) is 32.5 Å². The molecular weight excluding hydrogens is 486 g/mol. The highest BCUT2D eigenvalue weighted by molar-refractivity contribution is 7.15. The van der Waals surface area contributed by atoms with E-state index in [-0.39, 0.29) is 17.9 Å². The summed E-state index contributed by atoms with van der Waals surface area (Å²) < 4.78 is 5.61. The number of carbonyl (C=O) groups excluding carboxylic acids is 2. The van der Waals surface area contributed by atoms with Crippen molar-refractivity contribution >= 4 is 34.1 Å². The number of methoxy groups -OCH3 is 1. The van der Waals surface area contributed by atoms with Crippen molar-refractivity contribution in [2.24, 2.45) is 0 Å². The lowest BCUT2D eigenvalue weighted by Crippen LogP contribution is -2.43. The fourth-order valence-electron chi connectivity index (χ4n) is 4.57. The molecule has 1 aliphatic heterocycles. The molecule has 1 aliphatic rings. The van der Waals surface area contributed by atoms with Crippen LogP contribution < -0.4 is 10.1 Å². The first-order chi connectivity index (χ1) is 17.8. The maximum atomic E-state index is 13.7. The number of hydrogen-bond acceptors (Lipinski definition) is 7. The molecule has 1 aromatic carbocycles. The van der Waals surface area contributed by atoms with Gasteiger partial charge in [-0.1, -0.05) is 12.6 Å². The first-order valence-corrected chi connectivity index (χ1v) is 13.2. The number of thiazole rings is 1. The van der Waals surface area contributed by atoms with Gasteiger partial charge < -0.3 is 19.9 Å². The lowest BCUT2D eigenvalue weighted by atomic mass is 10.00. The number of aromatic nitrogens is 2. The number of nitrogens with one attached hydrogen (secondary N) is 1. The van der Waals surface area contributed by atoms with E-state index in [4.69, 9.17) is 4.74 Å². The van der Waals surface area contributed by atoms with E-state index >= 15 is 0 Å². The van der Waals surface area contributed by atoms with Gasteiger partial charge in [-0.15, -0.1) is 11.3 Å². The van der Waals surface area contributed by atoms with Crippen LogP contribution in [0.15, 0.2) is 49.3 Å². The van der Waals surface area contributed by atoms with Gasteiger partial charge in [0.25, 0.3) is 5.91 Å². The Bertz CT molecular complexity index is 1300. The topological polar surface area (TPSA) is 87.7 Å². The molecule has 0 unspecified atom stereocenters. The van der Waals surface area contributed by atoms with Crippen LogP contribution in [0.2, 0.25) is 0 Å². The fraction of sp³-hybridized carbons (Fsp3) is 0.357. The van der Waals surface area contributed by atoms with E-state index < -0.39 is 0 Å². The van der Waals surface area contributed by atoms with Gasteiger partial charge in [0.1, 0.15) is 11.6 Å². The lowest BCUT2D eigenvalue weighted by molar-refractivity contribution is -0.127. The molecule has 0 bridgehead atoms. The van der Waals surface area contributed by atoms with Crippen LogP contribution in [0, 0.1) is 13.8 Å². The van der Waals surface area contributed by atoms with Gasteiger partial charge in [0, 0.05) is 49.4 Å². The molecule has 194 valence electrons. The fourth-order valence-corrected chi connectivity index (χ4v) is 5.40. The molecule has 8 nitrogen and oxygen atoms in total. The Hall–Kier alpha value is -3.72. The van der Waals surface area contributed by atoms with Crippen LogP contribution in [-0.2, 0) is 11.2 Å². The molecule has 9 heteroatoms. The van der Waals surface area contributed by atoms with Gasteiger partial charge in [-0.2, -0.15) is 0 Å². The average molecular weight is 520 g/mol. The van der Waals surface area contributed by atoms with Crippen molar-refractivity contribution in [3.63, 3.8) is 0 Å². The molecule has 2 amide bonds. The molecule has 0 radical (unpaired) electrons. The summed E-state index contributed by atoms with van der Waals surface area (Å²) in [5.41, 5.74) is 3.67. The third-order valence-corrected chi connectivity index (χ3v) is 7.54. The number of ether oxygens (including phenoxy) is 1. The largest absolute Gasteiger partial charge is 0.496 e. The summed E-state index contributed by atoms with van der Waals surface area (Å²) >= 11 is 1.57. The monoisotopic (exact) mass is 519 g/mol. The summed E-state index contributed by atoms with van der Waals surface area (Å²) in [6.45, 7) is 11.2. The Morgan fingerprint density at radius 1 is 1.24 bits per heavy atom. The number of benzene rings is 1. The maximum Gasteiger partial charge on any atom is 0.257 e. The van der Waals surface area contributed by atoms with Crippen molar-refractivity contribution < 1.29 is 14.3 Å². The predicted octanol–water partition coefficient (Wildman–Crippen LogP) is 4.75. The van der Waals surface area contributed by atoms with Crippen molar-refractivity contribution in [1.82, 2.24) is 19.8 Å². The first-order valence-electron chi connectivity index (χ1n) is 12.3. The van der Waals surface area contributed by atoms with Crippen LogP contribution in [0.1, 0.15) is 45.3 Å². The van der Waals surface area contributed by atoms with Crippen LogP contribution >= 0.6 is 11.3 Å². The smallest absolute Gasteiger partial charge is 0.257 e. The van der Waals surface area contributed by atoms with E-state index in [1.165, 1.54) is 6.08 Å². The number of rotatable bonds is 7. The Kier molecular flexibility index (Phi) is 8.23. The van der Waals surface area contributed by atoms with Crippen LogP contribution in [0.5, 0.6) is 5.75 Å². The minimum Gasteiger partial charge on any atom is -0.496 e. The number of anilines is 2. The Morgan fingerprint density at radius 3 is 2.78 bits per heavy atom. The molecule has 3 heterocycles. The number of pyridine rings is 1. The number of hydrogen-bond donors (Lipinski definition) is 1. The van der Waals surface area contributed by atoms with Crippen LogP contribution in [0.4, 0.5) is 10.9 Å². The predicted molar refractivity (Wildman–Crippen MR) is 147 cm³/mol. The highest BCUT2D eigenvalue weighted by Crippen LogP contribution is 2.30. The molecule has 0 aliphatic carbocycles. The van der Waals surface area contributed by atoms with Gasteiger partial charge in [-0.25, -0.2) is 9.97 Å². The SMILES string of the molecule is C=CC(=O)N1CCCN(C(=O)c2cc(Cc3cnc(Nc4ncccc4C)s3)c(C)cc2OC)C[C@H]1C. The minimum absolute atomic E-state index is 0.0878. The maximum absolute atomic E-state index is 13.7. The second-order valence-corrected chi connectivity index (χ2v) is 10.4.